The average molecular weight is 298 g/mol. The van der Waals surface area contributed by atoms with Gasteiger partial charge in [0.05, 0.1) is 12.3 Å². The van der Waals surface area contributed by atoms with Crippen LogP contribution in [0.4, 0.5) is 4.39 Å². The summed E-state index contributed by atoms with van der Waals surface area (Å²) >= 11 is 0. The summed E-state index contributed by atoms with van der Waals surface area (Å²) < 4.78 is 20.0. The fourth-order valence-corrected chi connectivity index (χ4v) is 2.41. The van der Waals surface area contributed by atoms with Crippen molar-refractivity contribution in [3.05, 3.63) is 59.7 Å². The molecule has 0 saturated carbocycles. The Morgan fingerprint density at radius 1 is 1.27 bits per heavy atom. The average Bonchev–Trinajstić information content (AvgIpc) is 2.91. The lowest BCUT2D eigenvalue weighted by molar-refractivity contribution is 0.0528. The molecule has 3 aromatic rings. The molecule has 4 nitrogen and oxygen atoms in total. The Hall–Kier alpha value is -2.69. The Morgan fingerprint density at radius 2 is 2.00 bits per heavy atom. The van der Waals surface area contributed by atoms with Gasteiger partial charge in [0.15, 0.2) is 5.65 Å². The third-order valence-corrected chi connectivity index (χ3v) is 3.38. The predicted molar refractivity (Wildman–Crippen MR) is 81.3 cm³/mol. The van der Waals surface area contributed by atoms with Crippen molar-refractivity contribution in [2.75, 3.05) is 6.61 Å². The molecule has 2 heterocycles. The maximum Gasteiger partial charge on any atom is 0.341 e. The SMILES string of the molecule is CCOC(=O)c1ccn2c(-c3ccc(F)cc3)cc(C)nc12. The topological polar surface area (TPSA) is 43.6 Å². The number of aryl methyl sites for hydroxylation is 1. The number of hydrogen-bond donors (Lipinski definition) is 0. The maximum atomic E-state index is 13.1. The van der Waals surface area contributed by atoms with Crippen LogP contribution in [0.15, 0.2) is 42.6 Å². The molecule has 0 radical (unpaired) electrons. The molecule has 5 heteroatoms. The summed E-state index contributed by atoms with van der Waals surface area (Å²) in [4.78, 5) is 16.4. The molecule has 0 N–H and O–H groups in total. The molecule has 0 unspecified atom stereocenters. The summed E-state index contributed by atoms with van der Waals surface area (Å²) in [5, 5.41) is 0. The first-order valence-corrected chi connectivity index (χ1v) is 7.02. The number of rotatable bonds is 3. The van der Waals surface area contributed by atoms with Crippen molar-refractivity contribution in [3.63, 3.8) is 0 Å². The van der Waals surface area contributed by atoms with Crippen LogP contribution in [0.5, 0.6) is 0 Å². The van der Waals surface area contributed by atoms with Crippen LogP contribution in [-0.2, 0) is 4.74 Å². The molecular formula is C17H15FN2O2. The normalized spacial score (nSPS) is 10.9. The molecule has 0 bridgehead atoms. The molecule has 0 amide bonds. The van der Waals surface area contributed by atoms with Crippen molar-refractivity contribution in [2.24, 2.45) is 0 Å². The number of benzene rings is 1. The Balaban J connectivity index is 2.20. The second-order valence-electron chi connectivity index (χ2n) is 4.93. The highest BCUT2D eigenvalue weighted by atomic mass is 19.1. The first-order valence-electron chi connectivity index (χ1n) is 7.02. The van der Waals surface area contributed by atoms with Gasteiger partial charge in [-0.15, -0.1) is 0 Å². The molecule has 112 valence electrons. The minimum Gasteiger partial charge on any atom is -0.462 e. The number of carbonyl (C=O) groups is 1. The van der Waals surface area contributed by atoms with Gasteiger partial charge in [-0.25, -0.2) is 14.2 Å². The minimum absolute atomic E-state index is 0.287. The van der Waals surface area contributed by atoms with Gasteiger partial charge in [0.2, 0.25) is 0 Å². The zero-order chi connectivity index (χ0) is 15.7. The van der Waals surface area contributed by atoms with Crippen LogP contribution in [-0.4, -0.2) is 22.0 Å². The Morgan fingerprint density at radius 3 is 2.68 bits per heavy atom. The first-order chi connectivity index (χ1) is 10.6. The molecule has 1 aromatic carbocycles. The second-order valence-corrected chi connectivity index (χ2v) is 4.93. The van der Waals surface area contributed by atoms with E-state index in [1.54, 1.807) is 31.3 Å². The standard InChI is InChI=1S/C17H15FN2O2/c1-3-22-17(21)14-8-9-20-15(10-11(2)19-16(14)20)12-4-6-13(18)7-5-12/h4-10H,3H2,1-2H3. The van der Waals surface area contributed by atoms with Gasteiger partial charge in [-0.05, 0) is 55.8 Å². The highest BCUT2D eigenvalue weighted by Crippen LogP contribution is 2.24. The molecule has 0 aliphatic heterocycles. The number of halogens is 1. The quantitative estimate of drug-likeness (QED) is 0.694. The van der Waals surface area contributed by atoms with E-state index in [2.05, 4.69) is 4.98 Å². The monoisotopic (exact) mass is 298 g/mol. The molecule has 0 aliphatic carbocycles. The van der Waals surface area contributed by atoms with E-state index in [0.29, 0.717) is 17.8 Å². The van der Waals surface area contributed by atoms with Gasteiger partial charge in [-0.1, -0.05) is 0 Å². The van der Waals surface area contributed by atoms with Gasteiger partial charge in [-0.3, -0.25) is 0 Å². The molecule has 0 saturated heterocycles. The van der Waals surface area contributed by atoms with Crippen LogP contribution in [0.25, 0.3) is 16.9 Å². The molecule has 22 heavy (non-hydrogen) atoms. The number of ether oxygens (including phenoxy) is 1. The number of carbonyl (C=O) groups excluding carboxylic acids is 1. The number of hydrogen-bond acceptors (Lipinski definition) is 3. The van der Waals surface area contributed by atoms with E-state index in [1.165, 1.54) is 12.1 Å². The smallest absolute Gasteiger partial charge is 0.341 e. The van der Waals surface area contributed by atoms with E-state index in [0.717, 1.165) is 17.0 Å². The minimum atomic E-state index is -0.395. The van der Waals surface area contributed by atoms with Gasteiger partial charge < -0.3 is 9.14 Å². The van der Waals surface area contributed by atoms with Gasteiger partial charge in [-0.2, -0.15) is 0 Å². The Kier molecular flexibility index (Phi) is 3.63. The molecule has 0 fully saturated rings. The molecule has 2 aromatic heterocycles. The Labute approximate surface area is 127 Å². The fourth-order valence-electron chi connectivity index (χ4n) is 2.41. The largest absolute Gasteiger partial charge is 0.462 e. The first kappa shape index (κ1) is 14.3. The van der Waals surface area contributed by atoms with E-state index in [1.807, 2.05) is 17.4 Å². The third kappa shape index (κ3) is 2.45. The summed E-state index contributed by atoms with van der Waals surface area (Å²) in [6.45, 7) is 3.93. The van der Waals surface area contributed by atoms with Crippen LogP contribution < -0.4 is 0 Å². The lowest BCUT2D eigenvalue weighted by Gasteiger charge is -2.08. The van der Waals surface area contributed by atoms with Crippen molar-refractivity contribution in [1.29, 1.82) is 0 Å². The van der Waals surface area contributed by atoms with Crippen molar-refractivity contribution in [1.82, 2.24) is 9.38 Å². The van der Waals surface area contributed by atoms with E-state index in [4.69, 9.17) is 4.74 Å². The molecule has 3 rings (SSSR count). The molecule has 0 spiro atoms. The van der Waals surface area contributed by atoms with Crippen LogP contribution in [0.3, 0.4) is 0 Å². The van der Waals surface area contributed by atoms with E-state index < -0.39 is 5.97 Å². The van der Waals surface area contributed by atoms with Crippen molar-refractivity contribution in [2.45, 2.75) is 13.8 Å². The van der Waals surface area contributed by atoms with Crippen molar-refractivity contribution in [3.8, 4) is 11.3 Å². The molecular weight excluding hydrogens is 283 g/mol. The number of fused-ring (bicyclic) bond motifs is 1. The van der Waals surface area contributed by atoms with Crippen LogP contribution in [0, 0.1) is 12.7 Å². The zero-order valence-corrected chi connectivity index (χ0v) is 12.3. The fraction of sp³-hybridized carbons (Fsp3) is 0.176. The lowest BCUT2D eigenvalue weighted by Crippen LogP contribution is -2.06. The highest BCUT2D eigenvalue weighted by Gasteiger charge is 2.16. The van der Waals surface area contributed by atoms with E-state index in [-0.39, 0.29) is 5.82 Å². The van der Waals surface area contributed by atoms with Crippen molar-refractivity contribution < 1.29 is 13.9 Å². The van der Waals surface area contributed by atoms with E-state index >= 15 is 0 Å². The van der Waals surface area contributed by atoms with Crippen LogP contribution >= 0.6 is 0 Å². The van der Waals surface area contributed by atoms with E-state index in [9.17, 15) is 9.18 Å². The van der Waals surface area contributed by atoms with Gasteiger partial charge in [0.25, 0.3) is 0 Å². The van der Waals surface area contributed by atoms with Gasteiger partial charge in [0.1, 0.15) is 11.4 Å². The van der Waals surface area contributed by atoms with Crippen LogP contribution in [0.2, 0.25) is 0 Å². The maximum absolute atomic E-state index is 13.1. The number of esters is 1. The second kappa shape index (κ2) is 5.60. The summed E-state index contributed by atoms with van der Waals surface area (Å²) in [5.41, 5.74) is 3.43. The summed E-state index contributed by atoms with van der Waals surface area (Å²) in [5.74, 6) is -0.682. The molecule has 0 atom stereocenters. The molecule has 0 aliphatic rings. The van der Waals surface area contributed by atoms with Crippen LogP contribution in [0.1, 0.15) is 23.0 Å². The van der Waals surface area contributed by atoms with Gasteiger partial charge in [0, 0.05) is 11.9 Å². The highest BCUT2D eigenvalue weighted by molar-refractivity contribution is 5.96. The van der Waals surface area contributed by atoms with Gasteiger partial charge >= 0.3 is 5.97 Å². The lowest BCUT2D eigenvalue weighted by atomic mass is 10.1. The number of aromatic nitrogens is 2. The number of nitrogens with zero attached hydrogens (tertiary/aromatic N) is 2. The summed E-state index contributed by atoms with van der Waals surface area (Å²) in [7, 11) is 0. The summed E-state index contributed by atoms with van der Waals surface area (Å²) in [6, 6.07) is 9.81. The zero-order valence-electron chi connectivity index (χ0n) is 12.3. The predicted octanol–water partition coefficient (Wildman–Crippen LogP) is 3.63. The third-order valence-electron chi connectivity index (χ3n) is 3.38. The van der Waals surface area contributed by atoms with Crippen molar-refractivity contribution >= 4 is 11.6 Å². The summed E-state index contributed by atoms with van der Waals surface area (Å²) in [6.07, 6.45) is 1.77. The Bertz CT molecular complexity index is 838.